The maximum absolute atomic E-state index is 13.5. The molecule has 1 aliphatic rings. The molecule has 0 radical (unpaired) electrons. The molecule has 1 saturated heterocycles. The van der Waals surface area contributed by atoms with Crippen LogP contribution < -0.4 is 9.64 Å². The van der Waals surface area contributed by atoms with E-state index in [0.29, 0.717) is 16.3 Å². The van der Waals surface area contributed by atoms with E-state index in [2.05, 4.69) is 0 Å². The quantitative estimate of drug-likeness (QED) is 0.176. The highest BCUT2D eigenvalue weighted by Crippen LogP contribution is 2.46. The molecular weight excluding hydrogens is 523 g/mol. The van der Waals surface area contributed by atoms with Crippen molar-refractivity contribution in [3.63, 3.8) is 0 Å². The number of hydrogen-bond acceptors (Lipinski definition) is 4. The number of methoxy groups -OCH3 is 1. The number of rotatable bonds is 4. The lowest BCUT2D eigenvalue weighted by molar-refractivity contribution is -0.132. The first kappa shape index (κ1) is 24.3. The number of hydrogen-bond donors (Lipinski definition) is 1. The molecule has 1 N–H and O–H groups in total. The van der Waals surface area contributed by atoms with Crippen LogP contribution in [-0.4, -0.2) is 28.5 Å². The molecule has 1 amide bonds. The molecule has 0 spiro atoms. The van der Waals surface area contributed by atoms with Crippen molar-refractivity contribution in [3.05, 3.63) is 98.6 Å². The number of nitrogens with zero attached hydrogens (tertiary/aromatic N) is 2. The molecule has 1 unspecified atom stereocenters. The summed E-state index contributed by atoms with van der Waals surface area (Å²) in [5, 5.41) is 13.1. The van der Waals surface area contributed by atoms with Crippen LogP contribution in [0, 0.1) is 0 Å². The Balaban J connectivity index is 1.85. The highest BCUT2D eigenvalue weighted by atomic mass is 35.5. The van der Waals surface area contributed by atoms with E-state index >= 15 is 0 Å². The second kappa shape index (κ2) is 9.21. The van der Waals surface area contributed by atoms with Crippen LogP contribution in [0.1, 0.15) is 17.2 Å². The van der Waals surface area contributed by atoms with E-state index in [1.165, 1.54) is 24.1 Å². The van der Waals surface area contributed by atoms with E-state index in [9.17, 15) is 14.7 Å². The molecule has 1 aromatic heterocycles. The van der Waals surface area contributed by atoms with E-state index in [-0.39, 0.29) is 26.9 Å². The zero-order valence-corrected chi connectivity index (χ0v) is 21.4. The van der Waals surface area contributed by atoms with Gasteiger partial charge in [-0.15, -0.1) is 0 Å². The number of carbonyl (C=O) groups excluding carboxylic acids is 2. The minimum atomic E-state index is -0.961. The van der Waals surface area contributed by atoms with Crippen LogP contribution in [0.2, 0.25) is 15.1 Å². The predicted octanol–water partition coefficient (Wildman–Crippen LogP) is 6.77. The monoisotopic (exact) mass is 540 g/mol. The Hall–Kier alpha value is -3.45. The molecule has 182 valence electrons. The molecule has 0 saturated carbocycles. The SMILES string of the molecule is COc1c(Cl)cc(Cl)cc1/C(O)=C1\C(=O)C(=O)N(c2cccc(Cl)c2)C1c1cn(C)c2ccccc12. The molecule has 3 aromatic carbocycles. The number of aromatic nitrogens is 1. The zero-order valence-electron chi connectivity index (χ0n) is 19.1. The number of aliphatic hydroxyl groups is 1. The molecule has 0 aliphatic carbocycles. The van der Waals surface area contributed by atoms with Crippen molar-refractivity contribution in [3.8, 4) is 5.75 Å². The molecule has 2 heterocycles. The lowest BCUT2D eigenvalue weighted by Crippen LogP contribution is -2.29. The average molecular weight is 542 g/mol. The Labute approximate surface area is 221 Å². The van der Waals surface area contributed by atoms with Crippen LogP contribution in [0.25, 0.3) is 16.7 Å². The third-order valence-corrected chi connectivity index (χ3v) is 6.95. The molecule has 6 nitrogen and oxygen atoms in total. The van der Waals surface area contributed by atoms with E-state index in [0.717, 1.165) is 10.9 Å². The Kier molecular flexibility index (Phi) is 6.20. The summed E-state index contributed by atoms with van der Waals surface area (Å²) in [5.41, 5.74) is 1.95. The number of aryl methyl sites for hydroxylation is 1. The largest absolute Gasteiger partial charge is 0.507 e. The van der Waals surface area contributed by atoms with Crippen molar-refractivity contribution in [1.29, 1.82) is 0 Å². The second-order valence-corrected chi connectivity index (χ2v) is 9.61. The summed E-state index contributed by atoms with van der Waals surface area (Å²) in [5.74, 6) is -1.98. The van der Waals surface area contributed by atoms with E-state index < -0.39 is 23.5 Å². The van der Waals surface area contributed by atoms with Crippen LogP contribution in [0.5, 0.6) is 5.75 Å². The van der Waals surface area contributed by atoms with Gasteiger partial charge in [-0.3, -0.25) is 14.5 Å². The molecule has 1 aliphatic heterocycles. The van der Waals surface area contributed by atoms with Crippen LogP contribution >= 0.6 is 34.8 Å². The van der Waals surface area contributed by atoms with Gasteiger partial charge >= 0.3 is 0 Å². The number of anilines is 1. The highest BCUT2D eigenvalue weighted by molar-refractivity contribution is 6.52. The number of fused-ring (bicyclic) bond motifs is 1. The Bertz CT molecular complexity index is 1590. The van der Waals surface area contributed by atoms with Crippen LogP contribution in [-0.2, 0) is 16.6 Å². The summed E-state index contributed by atoms with van der Waals surface area (Å²) < 4.78 is 7.30. The van der Waals surface area contributed by atoms with Gasteiger partial charge in [-0.25, -0.2) is 0 Å². The van der Waals surface area contributed by atoms with Gasteiger partial charge in [0.2, 0.25) is 0 Å². The third-order valence-electron chi connectivity index (χ3n) is 6.22. The number of halogens is 3. The van der Waals surface area contributed by atoms with Crippen LogP contribution in [0.3, 0.4) is 0 Å². The summed E-state index contributed by atoms with van der Waals surface area (Å²) >= 11 is 18.8. The first-order valence-electron chi connectivity index (χ1n) is 10.9. The number of para-hydroxylation sites is 1. The van der Waals surface area contributed by atoms with Gasteiger partial charge in [0.25, 0.3) is 11.7 Å². The minimum absolute atomic E-state index is 0.101. The summed E-state index contributed by atoms with van der Waals surface area (Å²) in [4.78, 5) is 28.4. The Morgan fingerprint density at radius 1 is 0.972 bits per heavy atom. The fourth-order valence-electron chi connectivity index (χ4n) is 4.70. The number of aliphatic hydroxyl groups excluding tert-OH is 1. The van der Waals surface area contributed by atoms with E-state index in [4.69, 9.17) is 39.5 Å². The maximum Gasteiger partial charge on any atom is 0.300 e. The van der Waals surface area contributed by atoms with Gasteiger partial charge in [-0.05, 0) is 36.4 Å². The highest BCUT2D eigenvalue weighted by Gasteiger charge is 2.48. The summed E-state index contributed by atoms with van der Waals surface area (Å²) in [6.45, 7) is 0. The zero-order chi connectivity index (χ0) is 25.7. The number of carbonyl (C=O) groups is 2. The van der Waals surface area contributed by atoms with Gasteiger partial charge in [-0.2, -0.15) is 0 Å². The summed E-state index contributed by atoms with van der Waals surface area (Å²) in [6.07, 6.45) is 1.84. The number of ketones is 1. The molecule has 9 heteroatoms. The molecule has 1 atom stereocenters. The van der Waals surface area contributed by atoms with Crippen molar-refractivity contribution in [2.75, 3.05) is 12.0 Å². The minimum Gasteiger partial charge on any atom is -0.507 e. The van der Waals surface area contributed by atoms with Crippen molar-refractivity contribution in [2.24, 2.45) is 7.05 Å². The van der Waals surface area contributed by atoms with Gasteiger partial charge in [-0.1, -0.05) is 59.1 Å². The summed E-state index contributed by atoms with van der Waals surface area (Å²) in [7, 11) is 3.26. The van der Waals surface area contributed by atoms with Crippen molar-refractivity contribution >= 4 is 68.8 Å². The molecular formula is C27H19Cl3N2O4. The van der Waals surface area contributed by atoms with E-state index in [1.54, 1.807) is 24.3 Å². The third kappa shape index (κ3) is 3.82. The first-order valence-corrected chi connectivity index (χ1v) is 12.0. The van der Waals surface area contributed by atoms with Crippen molar-refractivity contribution in [2.45, 2.75) is 6.04 Å². The molecule has 0 bridgehead atoms. The topological polar surface area (TPSA) is 71.8 Å². The van der Waals surface area contributed by atoms with Crippen molar-refractivity contribution in [1.82, 2.24) is 4.57 Å². The normalized spacial score (nSPS) is 17.2. The van der Waals surface area contributed by atoms with Gasteiger partial charge < -0.3 is 14.4 Å². The molecule has 36 heavy (non-hydrogen) atoms. The number of benzene rings is 3. The van der Waals surface area contributed by atoms with Gasteiger partial charge in [0, 0.05) is 45.4 Å². The fraction of sp³-hybridized carbons (Fsp3) is 0.111. The number of amides is 1. The lowest BCUT2D eigenvalue weighted by atomic mass is 9.94. The number of ether oxygens (including phenoxy) is 1. The maximum atomic E-state index is 13.5. The average Bonchev–Trinajstić information content (AvgIpc) is 3.31. The Morgan fingerprint density at radius 2 is 1.72 bits per heavy atom. The standard InChI is InChI=1S/C27H19Cl3N2O4/c1-31-13-19(17-8-3-4-9-21(17)31)23-22(24(33)18-11-15(29)12-20(30)26(18)36-2)25(34)27(35)32(23)16-7-5-6-14(28)10-16/h3-13,23,33H,1-2H3/b24-22+. The van der Waals surface area contributed by atoms with Gasteiger partial charge in [0.05, 0.1) is 29.3 Å². The number of Topliss-reactive ketones (excluding diaryl/α,β-unsaturated/α-hetero) is 1. The lowest BCUT2D eigenvalue weighted by Gasteiger charge is -2.25. The van der Waals surface area contributed by atoms with E-state index in [1.807, 2.05) is 42.1 Å². The van der Waals surface area contributed by atoms with Crippen molar-refractivity contribution < 1.29 is 19.4 Å². The molecule has 4 aromatic rings. The van der Waals surface area contributed by atoms with Gasteiger partial charge in [0.15, 0.2) is 0 Å². The van der Waals surface area contributed by atoms with Crippen LogP contribution in [0.15, 0.2) is 72.4 Å². The Morgan fingerprint density at radius 3 is 2.44 bits per heavy atom. The van der Waals surface area contributed by atoms with Crippen LogP contribution in [0.4, 0.5) is 5.69 Å². The predicted molar refractivity (Wildman–Crippen MR) is 142 cm³/mol. The van der Waals surface area contributed by atoms with Gasteiger partial charge in [0.1, 0.15) is 11.5 Å². The smallest absolute Gasteiger partial charge is 0.300 e. The second-order valence-electron chi connectivity index (χ2n) is 8.33. The fourth-order valence-corrected chi connectivity index (χ4v) is 5.45. The summed E-state index contributed by atoms with van der Waals surface area (Å²) in [6, 6.07) is 16.2. The molecule has 1 fully saturated rings. The first-order chi connectivity index (χ1) is 17.2. The molecule has 5 rings (SSSR count).